The predicted molar refractivity (Wildman–Crippen MR) is 105 cm³/mol. The number of rotatable bonds is 5. The standard InChI is InChI=1S/C22H26N2O2/c1-22(2,3)17-13-11-16(12-14-17)21-23-18-8-5-6-9-19(18)24(21)15-7-10-20(25)26-4/h5-6,8-9,11-14H,7,10,15H2,1-4H3. The molecule has 4 heteroatoms. The fourth-order valence-corrected chi connectivity index (χ4v) is 3.13. The summed E-state index contributed by atoms with van der Waals surface area (Å²) in [6.07, 6.45) is 1.13. The smallest absolute Gasteiger partial charge is 0.305 e. The number of benzene rings is 2. The Morgan fingerprint density at radius 1 is 1.08 bits per heavy atom. The van der Waals surface area contributed by atoms with Crippen molar-refractivity contribution >= 4 is 17.0 Å². The van der Waals surface area contributed by atoms with Crippen LogP contribution in [0.25, 0.3) is 22.4 Å². The predicted octanol–water partition coefficient (Wildman–Crippen LogP) is 4.95. The molecule has 0 atom stereocenters. The number of aryl methyl sites for hydroxylation is 1. The first-order valence-corrected chi connectivity index (χ1v) is 9.03. The Balaban J connectivity index is 1.96. The van der Waals surface area contributed by atoms with Gasteiger partial charge < -0.3 is 9.30 Å². The fraction of sp³-hybridized carbons (Fsp3) is 0.364. The quantitative estimate of drug-likeness (QED) is 0.611. The largest absolute Gasteiger partial charge is 0.469 e. The Morgan fingerprint density at radius 2 is 1.77 bits per heavy atom. The maximum Gasteiger partial charge on any atom is 0.305 e. The summed E-state index contributed by atoms with van der Waals surface area (Å²) in [6.45, 7) is 7.37. The van der Waals surface area contributed by atoms with E-state index in [0.717, 1.165) is 35.4 Å². The van der Waals surface area contributed by atoms with Crippen LogP contribution in [0.4, 0.5) is 0 Å². The van der Waals surface area contributed by atoms with Crippen LogP contribution >= 0.6 is 0 Å². The fourth-order valence-electron chi connectivity index (χ4n) is 3.13. The van der Waals surface area contributed by atoms with Crippen LogP contribution in [-0.2, 0) is 21.5 Å². The minimum Gasteiger partial charge on any atom is -0.469 e. The topological polar surface area (TPSA) is 44.1 Å². The van der Waals surface area contributed by atoms with Gasteiger partial charge in [-0.05, 0) is 29.5 Å². The number of aromatic nitrogens is 2. The van der Waals surface area contributed by atoms with Crippen LogP contribution in [0, 0.1) is 0 Å². The van der Waals surface area contributed by atoms with Gasteiger partial charge in [0.25, 0.3) is 0 Å². The SMILES string of the molecule is COC(=O)CCCn1c(-c2ccc(C(C)(C)C)cc2)nc2ccccc21. The first-order valence-electron chi connectivity index (χ1n) is 9.03. The van der Waals surface area contributed by atoms with Gasteiger partial charge in [0, 0.05) is 18.5 Å². The van der Waals surface area contributed by atoms with Crippen molar-refractivity contribution in [1.82, 2.24) is 9.55 Å². The number of esters is 1. The molecule has 0 aliphatic carbocycles. The van der Waals surface area contributed by atoms with Crippen molar-refractivity contribution in [3.63, 3.8) is 0 Å². The zero-order valence-electron chi connectivity index (χ0n) is 16.0. The number of methoxy groups -OCH3 is 1. The van der Waals surface area contributed by atoms with Gasteiger partial charge in [0.1, 0.15) is 5.82 Å². The molecule has 1 heterocycles. The summed E-state index contributed by atoms with van der Waals surface area (Å²) in [5.74, 6) is 0.766. The van der Waals surface area contributed by atoms with Crippen LogP contribution in [0.1, 0.15) is 39.2 Å². The number of carbonyl (C=O) groups excluding carboxylic acids is 1. The van der Waals surface area contributed by atoms with E-state index in [1.54, 1.807) is 0 Å². The van der Waals surface area contributed by atoms with Gasteiger partial charge in [-0.15, -0.1) is 0 Å². The third kappa shape index (κ3) is 3.79. The molecule has 26 heavy (non-hydrogen) atoms. The number of ether oxygens (including phenoxy) is 1. The number of imidazole rings is 1. The number of nitrogens with zero attached hydrogens (tertiary/aromatic N) is 2. The van der Waals surface area contributed by atoms with E-state index in [0.29, 0.717) is 6.42 Å². The second kappa shape index (κ2) is 7.32. The molecule has 0 radical (unpaired) electrons. The summed E-state index contributed by atoms with van der Waals surface area (Å²) < 4.78 is 6.95. The molecule has 0 aliphatic rings. The Kier molecular flexibility index (Phi) is 5.12. The van der Waals surface area contributed by atoms with Crippen molar-refractivity contribution in [2.75, 3.05) is 7.11 Å². The average Bonchev–Trinajstić information content (AvgIpc) is 3.00. The molecule has 0 unspecified atom stereocenters. The van der Waals surface area contributed by atoms with Gasteiger partial charge in [-0.3, -0.25) is 4.79 Å². The van der Waals surface area contributed by atoms with Crippen molar-refractivity contribution in [2.24, 2.45) is 0 Å². The average molecular weight is 350 g/mol. The highest BCUT2D eigenvalue weighted by Gasteiger charge is 2.16. The number of hydrogen-bond donors (Lipinski definition) is 0. The third-order valence-electron chi connectivity index (χ3n) is 4.65. The van der Waals surface area contributed by atoms with Crippen LogP contribution in [0.2, 0.25) is 0 Å². The Morgan fingerprint density at radius 3 is 2.42 bits per heavy atom. The molecule has 0 spiro atoms. The summed E-state index contributed by atoms with van der Waals surface area (Å²) in [4.78, 5) is 16.3. The van der Waals surface area contributed by atoms with E-state index in [-0.39, 0.29) is 11.4 Å². The number of hydrogen-bond acceptors (Lipinski definition) is 3. The summed E-state index contributed by atoms with van der Waals surface area (Å²) in [7, 11) is 1.43. The highest BCUT2D eigenvalue weighted by Crippen LogP contribution is 2.28. The van der Waals surface area contributed by atoms with Gasteiger partial charge in [-0.1, -0.05) is 57.2 Å². The lowest BCUT2D eigenvalue weighted by Crippen LogP contribution is -2.10. The molecule has 0 saturated heterocycles. The first-order chi connectivity index (χ1) is 12.4. The number of carbonyl (C=O) groups is 1. The molecule has 136 valence electrons. The summed E-state index contributed by atoms with van der Waals surface area (Å²) in [5, 5.41) is 0. The Hall–Kier alpha value is -2.62. The summed E-state index contributed by atoms with van der Waals surface area (Å²) in [6, 6.07) is 16.7. The molecule has 0 N–H and O–H groups in total. The van der Waals surface area contributed by atoms with E-state index in [9.17, 15) is 4.79 Å². The second-order valence-corrected chi connectivity index (χ2v) is 7.58. The second-order valence-electron chi connectivity index (χ2n) is 7.58. The zero-order valence-corrected chi connectivity index (χ0v) is 16.0. The van der Waals surface area contributed by atoms with Crippen molar-refractivity contribution in [1.29, 1.82) is 0 Å². The molecular formula is C22H26N2O2. The molecule has 3 aromatic rings. The van der Waals surface area contributed by atoms with Gasteiger partial charge in [-0.25, -0.2) is 4.98 Å². The number of para-hydroxylation sites is 2. The van der Waals surface area contributed by atoms with Crippen molar-refractivity contribution in [2.45, 2.75) is 45.6 Å². The van der Waals surface area contributed by atoms with Crippen molar-refractivity contribution in [3.05, 3.63) is 54.1 Å². The number of fused-ring (bicyclic) bond motifs is 1. The highest BCUT2D eigenvalue weighted by molar-refractivity contribution is 5.80. The first kappa shape index (κ1) is 18.2. The minimum atomic E-state index is -0.175. The van der Waals surface area contributed by atoms with Crippen LogP contribution in [0.5, 0.6) is 0 Å². The third-order valence-corrected chi connectivity index (χ3v) is 4.65. The summed E-state index contributed by atoms with van der Waals surface area (Å²) >= 11 is 0. The minimum absolute atomic E-state index is 0.124. The van der Waals surface area contributed by atoms with E-state index >= 15 is 0 Å². The highest BCUT2D eigenvalue weighted by atomic mass is 16.5. The molecule has 0 aliphatic heterocycles. The molecule has 2 aromatic carbocycles. The molecule has 4 nitrogen and oxygen atoms in total. The lowest BCUT2D eigenvalue weighted by atomic mass is 9.87. The maximum absolute atomic E-state index is 11.4. The molecular weight excluding hydrogens is 324 g/mol. The lowest BCUT2D eigenvalue weighted by molar-refractivity contribution is -0.140. The molecule has 1 aromatic heterocycles. The van der Waals surface area contributed by atoms with E-state index < -0.39 is 0 Å². The monoisotopic (exact) mass is 350 g/mol. The van der Waals surface area contributed by atoms with Gasteiger partial charge in [0.2, 0.25) is 0 Å². The maximum atomic E-state index is 11.4. The van der Waals surface area contributed by atoms with Gasteiger partial charge in [0.15, 0.2) is 0 Å². The normalized spacial score (nSPS) is 11.7. The Bertz CT molecular complexity index is 902. The van der Waals surface area contributed by atoms with Crippen LogP contribution in [0.15, 0.2) is 48.5 Å². The van der Waals surface area contributed by atoms with Crippen LogP contribution in [0.3, 0.4) is 0 Å². The summed E-state index contributed by atoms with van der Waals surface area (Å²) in [5.41, 5.74) is 4.58. The molecule has 0 bridgehead atoms. The Labute approximate surface area is 154 Å². The molecule has 3 rings (SSSR count). The van der Waals surface area contributed by atoms with E-state index in [4.69, 9.17) is 9.72 Å². The van der Waals surface area contributed by atoms with E-state index in [2.05, 4.69) is 55.7 Å². The van der Waals surface area contributed by atoms with Crippen LogP contribution in [-0.4, -0.2) is 22.6 Å². The van der Waals surface area contributed by atoms with Gasteiger partial charge in [0.05, 0.1) is 18.1 Å². The lowest BCUT2D eigenvalue weighted by Gasteiger charge is -2.19. The molecule has 0 fully saturated rings. The van der Waals surface area contributed by atoms with Crippen molar-refractivity contribution < 1.29 is 9.53 Å². The van der Waals surface area contributed by atoms with Gasteiger partial charge in [-0.2, -0.15) is 0 Å². The molecule has 0 amide bonds. The van der Waals surface area contributed by atoms with Crippen molar-refractivity contribution in [3.8, 4) is 11.4 Å². The van der Waals surface area contributed by atoms with Crippen LogP contribution < -0.4 is 0 Å². The van der Waals surface area contributed by atoms with E-state index in [1.807, 2.05) is 18.2 Å². The molecule has 0 saturated carbocycles. The van der Waals surface area contributed by atoms with Gasteiger partial charge >= 0.3 is 5.97 Å². The van der Waals surface area contributed by atoms with E-state index in [1.165, 1.54) is 12.7 Å². The zero-order chi connectivity index (χ0) is 18.7.